The Labute approximate surface area is 223 Å². The van der Waals surface area contributed by atoms with Crippen LogP contribution in [-0.4, -0.2) is 50.1 Å². The molecule has 3 rings (SSSR count). The molecule has 9 nitrogen and oxygen atoms in total. The second kappa shape index (κ2) is 11.9. The first-order valence-electron chi connectivity index (χ1n) is 12.3. The summed E-state index contributed by atoms with van der Waals surface area (Å²) in [6.07, 6.45) is -0.549. The van der Waals surface area contributed by atoms with E-state index in [9.17, 15) is 22.8 Å². The monoisotopic (exact) mass is 542 g/mol. The first-order valence-corrected chi connectivity index (χ1v) is 13.8. The van der Waals surface area contributed by atoms with E-state index in [-0.39, 0.29) is 42.9 Å². The van der Waals surface area contributed by atoms with Gasteiger partial charge in [-0.05, 0) is 64.3 Å². The molecule has 10 heteroatoms. The molecule has 0 spiro atoms. The van der Waals surface area contributed by atoms with Gasteiger partial charge in [-0.1, -0.05) is 35.9 Å². The zero-order chi connectivity index (χ0) is 28.1. The topological polar surface area (TPSA) is 121 Å². The van der Waals surface area contributed by atoms with E-state index in [0.717, 1.165) is 16.5 Å². The lowest BCUT2D eigenvalue weighted by Gasteiger charge is -2.21. The summed E-state index contributed by atoms with van der Waals surface area (Å²) in [6, 6.07) is 13.8. The first kappa shape index (κ1) is 29.1. The van der Waals surface area contributed by atoms with Crippen molar-refractivity contribution in [3.8, 4) is 0 Å². The molecule has 0 fully saturated rings. The third kappa shape index (κ3) is 7.29. The van der Waals surface area contributed by atoms with E-state index >= 15 is 0 Å². The molecule has 0 unspecified atom stereocenters. The normalized spacial score (nSPS) is 11.9. The number of hydrogen-bond acceptors (Lipinski definition) is 7. The lowest BCUT2D eigenvalue weighted by molar-refractivity contribution is -0.143. The Morgan fingerprint density at radius 1 is 0.974 bits per heavy atom. The maximum atomic E-state index is 13.3. The number of aromatic nitrogens is 1. The number of carbonyl (C=O) groups excluding carboxylic acids is 3. The molecule has 0 aliphatic carbocycles. The molecular formula is C28H34N2O7S. The largest absolute Gasteiger partial charge is 0.469 e. The van der Waals surface area contributed by atoms with Crippen LogP contribution in [0.2, 0.25) is 0 Å². The van der Waals surface area contributed by atoms with Gasteiger partial charge in [0.15, 0.2) is 0 Å². The molecule has 0 bridgehead atoms. The third-order valence-corrected chi connectivity index (χ3v) is 7.35. The Bertz CT molecular complexity index is 1430. The fourth-order valence-corrected chi connectivity index (χ4v) is 5.14. The molecule has 0 aliphatic rings. The molecule has 0 radical (unpaired) electrons. The van der Waals surface area contributed by atoms with Crippen molar-refractivity contribution in [3.63, 3.8) is 0 Å². The van der Waals surface area contributed by atoms with Gasteiger partial charge in [0.05, 0.1) is 17.5 Å². The van der Waals surface area contributed by atoms with Crippen molar-refractivity contribution in [1.82, 2.24) is 9.29 Å². The van der Waals surface area contributed by atoms with Crippen molar-refractivity contribution in [2.24, 2.45) is 0 Å². The second-order valence-electron chi connectivity index (χ2n) is 10.0. The predicted molar refractivity (Wildman–Crippen MR) is 144 cm³/mol. The highest BCUT2D eigenvalue weighted by atomic mass is 32.2. The highest BCUT2D eigenvalue weighted by Crippen LogP contribution is 2.29. The van der Waals surface area contributed by atoms with Crippen LogP contribution < -0.4 is 4.72 Å². The van der Waals surface area contributed by atoms with Crippen molar-refractivity contribution >= 4 is 38.8 Å². The van der Waals surface area contributed by atoms with Crippen molar-refractivity contribution in [2.45, 2.75) is 63.9 Å². The van der Waals surface area contributed by atoms with Gasteiger partial charge in [-0.15, -0.1) is 0 Å². The van der Waals surface area contributed by atoms with E-state index in [1.807, 2.05) is 19.1 Å². The molecule has 2 aromatic carbocycles. The number of nitrogens with one attached hydrogen (secondary N) is 1. The number of fused-ring (bicyclic) bond motifs is 1. The summed E-state index contributed by atoms with van der Waals surface area (Å²) >= 11 is 0. The number of hydrogen-bond donors (Lipinski definition) is 1. The van der Waals surface area contributed by atoms with E-state index in [1.165, 1.54) is 11.7 Å². The quantitative estimate of drug-likeness (QED) is 0.299. The number of aryl methyl sites for hydroxylation is 1. The molecule has 38 heavy (non-hydrogen) atoms. The Kier molecular flexibility index (Phi) is 9.11. The molecule has 0 amide bonds. The Morgan fingerprint density at radius 3 is 2.26 bits per heavy atom. The first-order chi connectivity index (χ1) is 17.8. The van der Waals surface area contributed by atoms with Gasteiger partial charge in [0.2, 0.25) is 10.0 Å². The van der Waals surface area contributed by atoms with Crippen molar-refractivity contribution in [2.75, 3.05) is 13.7 Å². The smallest absolute Gasteiger partial charge is 0.419 e. The number of para-hydroxylation sites is 1. The average molecular weight is 543 g/mol. The van der Waals surface area contributed by atoms with Crippen LogP contribution in [0.3, 0.4) is 0 Å². The molecule has 1 heterocycles. The van der Waals surface area contributed by atoms with Gasteiger partial charge in [0.1, 0.15) is 17.8 Å². The van der Waals surface area contributed by atoms with Gasteiger partial charge < -0.3 is 9.47 Å². The molecule has 204 valence electrons. The van der Waals surface area contributed by atoms with Gasteiger partial charge in [0, 0.05) is 24.0 Å². The summed E-state index contributed by atoms with van der Waals surface area (Å²) in [6.45, 7) is 7.23. The Morgan fingerprint density at radius 2 is 1.63 bits per heavy atom. The number of esters is 1. The number of benzene rings is 2. The maximum absolute atomic E-state index is 13.3. The summed E-state index contributed by atoms with van der Waals surface area (Å²) in [5.74, 6) is -0.961. The minimum absolute atomic E-state index is 0.00366. The number of carbonyl (C=O) groups is 3. The van der Waals surface area contributed by atoms with Crippen LogP contribution in [0.15, 0.2) is 53.4 Å². The van der Waals surface area contributed by atoms with Crippen molar-refractivity contribution < 1.29 is 32.3 Å². The highest BCUT2D eigenvalue weighted by molar-refractivity contribution is 7.89. The van der Waals surface area contributed by atoms with Crippen molar-refractivity contribution in [1.29, 1.82) is 0 Å². The van der Waals surface area contributed by atoms with Gasteiger partial charge in [-0.3, -0.25) is 9.59 Å². The molecule has 0 saturated heterocycles. The van der Waals surface area contributed by atoms with Gasteiger partial charge >= 0.3 is 12.1 Å². The molecule has 1 N–H and O–H groups in total. The molecule has 0 saturated carbocycles. The van der Waals surface area contributed by atoms with Crippen LogP contribution >= 0.6 is 0 Å². The van der Waals surface area contributed by atoms with E-state index < -0.39 is 27.7 Å². The van der Waals surface area contributed by atoms with E-state index in [1.54, 1.807) is 57.2 Å². The fraction of sp³-hybridized carbons (Fsp3) is 0.393. The number of rotatable bonds is 10. The number of ketones is 1. The SMILES string of the molecule is COC(=O)CC(=O)CCc1c(CCNS(=O)(=O)c2ccc(C)cc2)c2ccccc2n1C(=O)OC(C)(C)C. The van der Waals surface area contributed by atoms with E-state index in [4.69, 9.17) is 4.74 Å². The summed E-state index contributed by atoms with van der Waals surface area (Å²) in [5.41, 5.74) is 2.04. The zero-order valence-corrected chi connectivity index (χ0v) is 23.2. The van der Waals surface area contributed by atoms with Crippen LogP contribution in [0, 0.1) is 6.92 Å². The molecule has 1 aromatic heterocycles. The van der Waals surface area contributed by atoms with Crippen LogP contribution in [-0.2, 0) is 41.9 Å². The van der Waals surface area contributed by atoms with Crippen LogP contribution in [0.4, 0.5) is 4.79 Å². The Hall–Kier alpha value is -3.50. The summed E-state index contributed by atoms with van der Waals surface area (Å²) < 4.78 is 39.9. The standard InChI is InChI=1S/C28H34N2O7S/c1-19-10-13-21(14-11-19)38(34,35)29-17-16-23-22-8-6-7-9-24(22)30(27(33)37-28(2,3)4)25(23)15-12-20(31)18-26(32)36-5/h6-11,13-14,29H,12,15-18H2,1-5H3. The minimum atomic E-state index is -3.74. The number of Topliss-reactive ketones (excluding diaryl/α,β-unsaturated/α-hetero) is 1. The lowest BCUT2D eigenvalue weighted by atomic mass is 10.0. The van der Waals surface area contributed by atoms with Gasteiger partial charge in [-0.25, -0.2) is 22.5 Å². The zero-order valence-electron chi connectivity index (χ0n) is 22.4. The third-order valence-electron chi connectivity index (χ3n) is 5.87. The number of methoxy groups -OCH3 is 1. The van der Waals surface area contributed by atoms with E-state index in [2.05, 4.69) is 9.46 Å². The molecule has 0 aliphatic heterocycles. The van der Waals surface area contributed by atoms with Gasteiger partial charge in [0.25, 0.3) is 0 Å². The second-order valence-corrected chi connectivity index (χ2v) is 11.8. The fourth-order valence-electron chi connectivity index (χ4n) is 4.11. The lowest BCUT2D eigenvalue weighted by Crippen LogP contribution is -2.29. The average Bonchev–Trinajstić information content (AvgIpc) is 3.15. The van der Waals surface area contributed by atoms with E-state index in [0.29, 0.717) is 11.2 Å². The van der Waals surface area contributed by atoms with Crippen molar-refractivity contribution in [3.05, 3.63) is 65.4 Å². The van der Waals surface area contributed by atoms with Crippen LogP contribution in [0.1, 0.15) is 50.4 Å². The minimum Gasteiger partial charge on any atom is -0.469 e. The highest BCUT2D eigenvalue weighted by Gasteiger charge is 2.26. The summed E-state index contributed by atoms with van der Waals surface area (Å²) in [5, 5.41) is 0.753. The number of ether oxygens (including phenoxy) is 2. The van der Waals surface area contributed by atoms with Gasteiger partial charge in [-0.2, -0.15) is 0 Å². The van der Waals surface area contributed by atoms with Crippen LogP contribution in [0.25, 0.3) is 10.9 Å². The summed E-state index contributed by atoms with van der Waals surface area (Å²) in [4.78, 5) is 37.4. The Balaban J connectivity index is 1.96. The molecule has 0 atom stereocenters. The number of nitrogens with zero attached hydrogens (tertiary/aromatic N) is 1. The summed E-state index contributed by atoms with van der Waals surface area (Å²) in [7, 11) is -2.53. The number of sulfonamides is 1. The predicted octanol–water partition coefficient (Wildman–Crippen LogP) is 4.32. The molecular weight excluding hydrogens is 508 g/mol. The van der Waals surface area contributed by atoms with Crippen LogP contribution in [0.5, 0.6) is 0 Å². The maximum Gasteiger partial charge on any atom is 0.419 e. The molecule has 3 aromatic rings.